The summed E-state index contributed by atoms with van der Waals surface area (Å²) in [7, 11) is 0. The molecule has 2 heterocycles. The summed E-state index contributed by atoms with van der Waals surface area (Å²) in [6.45, 7) is 4.42. The molecule has 0 unspecified atom stereocenters. The molecule has 0 bridgehead atoms. The van der Waals surface area contributed by atoms with E-state index in [4.69, 9.17) is 5.73 Å². The number of carbonyl (C=O) groups excluding carboxylic acids is 1. The first-order chi connectivity index (χ1) is 12.6. The second-order valence-electron chi connectivity index (χ2n) is 7.14. The summed E-state index contributed by atoms with van der Waals surface area (Å²) >= 11 is 0. The van der Waals surface area contributed by atoms with Crippen LogP contribution in [0.4, 0.5) is 0 Å². The molecule has 1 aromatic heterocycles. The monoisotopic (exact) mass is 348 g/mol. The third-order valence-corrected chi connectivity index (χ3v) is 5.70. The number of fused-ring (bicyclic) bond motifs is 1. The van der Waals surface area contributed by atoms with Crippen LogP contribution in [0.25, 0.3) is 16.6 Å². The van der Waals surface area contributed by atoms with Crippen molar-refractivity contribution in [3.8, 4) is 5.69 Å². The molecule has 2 aromatic carbocycles. The van der Waals surface area contributed by atoms with Crippen LogP contribution in [0.1, 0.15) is 42.1 Å². The quantitative estimate of drug-likeness (QED) is 0.761. The van der Waals surface area contributed by atoms with Gasteiger partial charge in [0.15, 0.2) is 0 Å². The Balaban J connectivity index is 1.70. The minimum absolute atomic E-state index is 0.227. The number of nitrogens with one attached hydrogen (secondary N) is 1. The summed E-state index contributed by atoms with van der Waals surface area (Å²) in [5, 5.41) is 9.04. The minimum Gasteiger partial charge on any atom is -0.366 e. The van der Waals surface area contributed by atoms with Crippen molar-refractivity contribution >= 4 is 16.8 Å². The number of amides is 1. The largest absolute Gasteiger partial charge is 0.366 e. The van der Waals surface area contributed by atoms with Crippen molar-refractivity contribution in [3.63, 3.8) is 0 Å². The van der Waals surface area contributed by atoms with Gasteiger partial charge in [0.1, 0.15) is 5.52 Å². The highest BCUT2D eigenvalue weighted by Gasteiger charge is 2.31. The Morgan fingerprint density at radius 2 is 2.08 bits per heavy atom. The molecule has 1 aliphatic heterocycles. The zero-order valence-electron chi connectivity index (χ0n) is 15.0. The van der Waals surface area contributed by atoms with Gasteiger partial charge in [0.2, 0.25) is 0 Å². The lowest BCUT2D eigenvalue weighted by Crippen LogP contribution is -2.42. The SMILES string of the molecule is CC[C@]1(c2ccc(-n3cc4cccc(C(N)=O)c4n3)cc2)CCCNC1. The van der Waals surface area contributed by atoms with Crippen molar-refractivity contribution in [2.24, 2.45) is 5.73 Å². The van der Waals surface area contributed by atoms with E-state index in [0.29, 0.717) is 11.1 Å². The summed E-state index contributed by atoms with van der Waals surface area (Å²) < 4.78 is 1.82. The average molecular weight is 348 g/mol. The third-order valence-electron chi connectivity index (χ3n) is 5.70. The lowest BCUT2D eigenvalue weighted by molar-refractivity contribution is 0.100. The maximum Gasteiger partial charge on any atom is 0.250 e. The first-order valence-corrected chi connectivity index (χ1v) is 9.23. The van der Waals surface area contributed by atoms with E-state index in [1.807, 2.05) is 23.0 Å². The normalized spacial score (nSPS) is 20.3. The number of aromatic nitrogens is 2. The first-order valence-electron chi connectivity index (χ1n) is 9.23. The van der Waals surface area contributed by atoms with Crippen molar-refractivity contribution in [3.05, 3.63) is 59.8 Å². The third kappa shape index (κ3) is 2.78. The van der Waals surface area contributed by atoms with Gasteiger partial charge in [-0.15, -0.1) is 0 Å². The van der Waals surface area contributed by atoms with Gasteiger partial charge in [-0.25, -0.2) is 4.68 Å². The molecule has 0 spiro atoms. The van der Waals surface area contributed by atoms with Crippen LogP contribution in [-0.4, -0.2) is 28.8 Å². The highest BCUT2D eigenvalue weighted by molar-refractivity contribution is 6.04. The van der Waals surface area contributed by atoms with Crippen LogP contribution in [0.3, 0.4) is 0 Å². The molecular formula is C21H24N4O. The summed E-state index contributed by atoms with van der Waals surface area (Å²) in [6, 6.07) is 14.1. The Bertz CT molecular complexity index is 936. The molecule has 0 radical (unpaired) electrons. The Labute approximate surface area is 153 Å². The van der Waals surface area contributed by atoms with E-state index in [2.05, 4.69) is 41.6 Å². The average Bonchev–Trinajstić information content (AvgIpc) is 3.12. The van der Waals surface area contributed by atoms with Gasteiger partial charge in [0.05, 0.1) is 11.3 Å². The molecule has 134 valence electrons. The van der Waals surface area contributed by atoms with E-state index in [1.165, 1.54) is 18.4 Å². The molecule has 1 fully saturated rings. The van der Waals surface area contributed by atoms with Crippen LogP contribution < -0.4 is 11.1 Å². The fourth-order valence-corrected chi connectivity index (χ4v) is 4.06. The van der Waals surface area contributed by atoms with E-state index in [0.717, 1.165) is 30.6 Å². The van der Waals surface area contributed by atoms with Crippen molar-refractivity contribution < 1.29 is 4.79 Å². The lowest BCUT2D eigenvalue weighted by atomic mass is 9.73. The van der Waals surface area contributed by atoms with Gasteiger partial charge in [-0.2, -0.15) is 5.10 Å². The van der Waals surface area contributed by atoms with Gasteiger partial charge >= 0.3 is 0 Å². The standard InChI is InChI=1S/C21H24N4O/c1-2-21(11-4-12-23-14-21)16-7-9-17(10-8-16)25-13-15-5-3-6-18(20(22)26)19(15)24-25/h3,5-10,13,23H,2,4,11-12,14H2,1H3,(H2,22,26)/t21-/m0/s1. The van der Waals surface area contributed by atoms with Crippen molar-refractivity contribution in [1.29, 1.82) is 0 Å². The van der Waals surface area contributed by atoms with Gasteiger partial charge in [-0.1, -0.05) is 31.2 Å². The minimum atomic E-state index is -0.453. The molecule has 4 rings (SSSR count). The van der Waals surface area contributed by atoms with Gasteiger partial charge in [0.25, 0.3) is 5.91 Å². The molecule has 1 aliphatic rings. The first kappa shape index (κ1) is 16.8. The second-order valence-corrected chi connectivity index (χ2v) is 7.14. The molecular weight excluding hydrogens is 324 g/mol. The maximum atomic E-state index is 11.6. The second kappa shape index (κ2) is 6.57. The molecule has 26 heavy (non-hydrogen) atoms. The molecule has 5 heteroatoms. The van der Waals surface area contributed by atoms with E-state index in [-0.39, 0.29) is 5.41 Å². The molecule has 0 aliphatic carbocycles. The highest BCUT2D eigenvalue weighted by atomic mass is 16.1. The number of rotatable bonds is 4. The maximum absolute atomic E-state index is 11.6. The van der Waals surface area contributed by atoms with E-state index in [1.54, 1.807) is 6.07 Å². The summed E-state index contributed by atoms with van der Waals surface area (Å²) in [5.41, 5.74) is 9.15. The topological polar surface area (TPSA) is 72.9 Å². The fourth-order valence-electron chi connectivity index (χ4n) is 4.06. The lowest BCUT2D eigenvalue weighted by Gasteiger charge is -2.37. The number of primary amides is 1. The van der Waals surface area contributed by atoms with Gasteiger partial charge in [-0.05, 0) is 49.6 Å². The van der Waals surface area contributed by atoms with Crippen molar-refractivity contribution in [1.82, 2.24) is 15.1 Å². The van der Waals surface area contributed by atoms with E-state index < -0.39 is 5.91 Å². The van der Waals surface area contributed by atoms with Crippen LogP contribution in [-0.2, 0) is 5.41 Å². The molecule has 1 amide bonds. The van der Waals surface area contributed by atoms with Crippen molar-refractivity contribution in [2.75, 3.05) is 13.1 Å². The Morgan fingerprint density at radius 3 is 2.73 bits per heavy atom. The molecule has 3 N–H and O–H groups in total. The van der Waals surface area contributed by atoms with Gasteiger partial charge < -0.3 is 11.1 Å². The fraction of sp³-hybridized carbons (Fsp3) is 0.333. The molecule has 1 atom stereocenters. The Hall–Kier alpha value is -2.66. The number of benzene rings is 2. The smallest absolute Gasteiger partial charge is 0.250 e. The van der Waals surface area contributed by atoms with E-state index >= 15 is 0 Å². The Morgan fingerprint density at radius 1 is 1.27 bits per heavy atom. The zero-order chi connectivity index (χ0) is 18.1. The zero-order valence-corrected chi connectivity index (χ0v) is 15.0. The Kier molecular flexibility index (Phi) is 4.24. The molecule has 5 nitrogen and oxygen atoms in total. The van der Waals surface area contributed by atoms with Crippen LogP contribution >= 0.6 is 0 Å². The molecule has 1 saturated heterocycles. The number of nitrogens with two attached hydrogens (primary N) is 1. The molecule has 0 saturated carbocycles. The number of hydrogen-bond donors (Lipinski definition) is 2. The van der Waals surface area contributed by atoms with Gasteiger partial charge in [0, 0.05) is 23.5 Å². The van der Waals surface area contributed by atoms with Crippen molar-refractivity contribution in [2.45, 2.75) is 31.6 Å². The molecule has 3 aromatic rings. The van der Waals surface area contributed by atoms with Crippen LogP contribution in [0.5, 0.6) is 0 Å². The number of nitrogens with zero attached hydrogens (tertiary/aromatic N) is 2. The summed E-state index contributed by atoms with van der Waals surface area (Å²) in [6.07, 6.45) is 5.51. The van der Waals surface area contributed by atoms with Crippen LogP contribution in [0.15, 0.2) is 48.7 Å². The summed E-state index contributed by atoms with van der Waals surface area (Å²) in [4.78, 5) is 11.6. The van der Waals surface area contributed by atoms with Crippen LogP contribution in [0.2, 0.25) is 0 Å². The number of carbonyl (C=O) groups is 1. The number of hydrogen-bond acceptors (Lipinski definition) is 3. The van der Waals surface area contributed by atoms with Gasteiger partial charge in [-0.3, -0.25) is 4.79 Å². The highest BCUT2D eigenvalue weighted by Crippen LogP contribution is 2.34. The predicted octanol–water partition coefficient (Wildman–Crippen LogP) is 3.16. The van der Waals surface area contributed by atoms with E-state index in [9.17, 15) is 4.79 Å². The summed E-state index contributed by atoms with van der Waals surface area (Å²) in [5.74, 6) is -0.453. The predicted molar refractivity (Wildman–Crippen MR) is 104 cm³/mol. The van der Waals surface area contributed by atoms with Crippen LogP contribution in [0, 0.1) is 0 Å². The number of piperidine rings is 1.